The topological polar surface area (TPSA) is 108 Å². The van der Waals surface area contributed by atoms with E-state index in [9.17, 15) is 18.0 Å². The molecule has 0 aliphatic carbocycles. The average molecular weight is 423 g/mol. The largest absolute Gasteiger partial charge is 0.463 e. The summed E-state index contributed by atoms with van der Waals surface area (Å²) in [5.74, 6) is -0.378. The average Bonchev–Trinajstić information content (AvgIpc) is 3.23. The molecule has 1 saturated heterocycles. The van der Waals surface area contributed by atoms with E-state index in [4.69, 9.17) is 9.47 Å². The van der Waals surface area contributed by atoms with Crippen molar-refractivity contribution in [2.75, 3.05) is 19.7 Å². The summed E-state index contributed by atoms with van der Waals surface area (Å²) in [5.41, 5.74) is 1.31. The number of aromatic nitrogens is 2. The van der Waals surface area contributed by atoms with Crippen LogP contribution in [0.15, 0.2) is 23.1 Å². The number of hydrogen-bond donors (Lipinski definition) is 0. The lowest BCUT2D eigenvalue weighted by Gasteiger charge is -2.18. The van der Waals surface area contributed by atoms with Gasteiger partial charge in [0.15, 0.2) is 0 Å². The fourth-order valence-corrected chi connectivity index (χ4v) is 4.82. The Morgan fingerprint density at radius 1 is 1.34 bits per heavy atom. The molecule has 3 rings (SSSR count). The zero-order chi connectivity index (χ0) is 21.2. The number of cyclic esters (lactones) is 1. The van der Waals surface area contributed by atoms with Gasteiger partial charge in [0.2, 0.25) is 16.1 Å². The van der Waals surface area contributed by atoms with Crippen molar-refractivity contribution in [2.24, 2.45) is 7.05 Å². The first-order chi connectivity index (χ1) is 13.8. The molecule has 0 saturated carbocycles. The zero-order valence-electron chi connectivity index (χ0n) is 16.8. The number of esters is 2. The Hall–Kier alpha value is -2.46. The van der Waals surface area contributed by atoms with Crippen LogP contribution in [0.1, 0.15) is 32.5 Å². The molecule has 1 aromatic carbocycles. The summed E-state index contributed by atoms with van der Waals surface area (Å²) in [6, 6.07) is 4.84. The summed E-state index contributed by atoms with van der Waals surface area (Å²) in [6.45, 7) is 4.63. The summed E-state index contributed by atoms with van der Waals surface area (Å²) in [5, 5.41) is 0. The number of imidazole rings is 1. The quantitative estimate of drug-likeness (QED) is 0.591. The van der Waals surface area contributed by atoms with Gasteiger partial charge in [0, 0.05) is 33.0 Å². The molecule has 2 aromatic rings. The first-order valence-corrected chi connectivity index (χ1v) is 11.0. The maximum atomic E-state index is 12.7. The summed E-state index contributed by atoms with van der Waals surface area (Å²) >= 11 is 0. The number of ether oxygens (including phenoxy) is 2. The van der Waals surface area contributed by atoms with Gasteiger partial charge in [-0.15, -0.1) is 0 Å². The van der Waals surface area contributed by atoms with Crippen molar-refractivity contribution < 1.29 is 27.5 Å². The van der Waals surface area contributed by atoms with Gasteiger partial charge in [0.1, 0.15) is 5.82 Å². The molecule has 1 aliphatic heterocycles. The van der Waals surface area contributed by atoms with E-state index in [1.807, 2.05) is 11.6 Å². The molecule has 10 heteroatoms. The minimum absolute atomic E-state index is 0.0611. The van der Waals surface area contributed by atoms with Crippen LogP contribution in [0.2, 0.25) is 0 Å². The van der Waals surface area contributed by atoms with E-state index < -0.39 is 28.1 Å². The molecule has 0 amide bonds. The van der Waals surface area contributed by atoms with E-state index in [1.54, 1.807) is 32.0 Å². The van der Waals surface area contributed by atoms with Gasteiger partial charge in [-0.25, -0.2) is 18.2 Å². The van der Waals surface area contributed by atoms with Gasteiger partial charge < -0.3 is 14.0 Å². The predicted octanol–water partition coefficient (Wildman–Crippen LogP) is 1.40. The van der Waals surface area contributed by atoms with Gasteiger partial charge in [-0.3, -0.25) is 4.79 Å². The molecular weight excluding hydrogens is 398 g/mol. The second-order valence-corrected chi connectivity index (χ2v) is 8.70. The van der Waals surface area contributed by atoms with Crippen molar-refractivity contribution in [1.82, 2.24) is 13.9 Å². The fourth-order valence-electron chi connectivity index (χ4n) is 3.34. The van der Waals surface area contributed by atoms with E-state index in [1.165, 1.54) is 4.31 Å². The Bertz CT molecular complexity index is 1030. The molecule has 1 atom stereocenters. The number of benzene rings is 1. The van der Waals surface area contributed by atoms with Gasteiger partial charge in [-0.2, -0.15) is 4.31 Å². The van der Waals surface area contributed by atoms with E-state index >= 15 is 0 Å². The number of carbonyl (C=O) groups is 2. The second-order valence-electron chi connectivity index (χ2n) is 6.76. The van der Waals surface area contributed by atoms with Crippen molar-refractivity contribution in [1.29, 1.82) is 0 Å². The van der Waals surface area contributed by atoms with Crippen LogP contribution in [0.4, 0.5) is 0 Å². The molecule has 158 valence electrons. The highest BCUT2D eigenvalue weighted by molar-refractivity contribution is 7.89. The maximum absolute atomic E-state index is 12.7. The minimum Gasteiger partial charge on any atom is -0.463 e. The Morgan fingerprint density at radius 3 is 2.69 bits per heavy atom. The van der Waals surface area contributed by atoms with Crippen molar-refractivity contribution in [3.63, 3.8) is 0 Å². The fraction of sp³-hybridized carbons (Fsp3) is 0.526. The zero-order valence-corrected chi connectivity index (χ0v) is 17.6. The molecule has 1 fully saturated rings. The van der Waals surface area contributed by atoms with Gasteiger partial charge in [-0.1, -0.05) is 13.8 Å². The van der Waals surface area contributed by atoms with Crippen molar-refractivity contribution in [3.05, 3.63) is 24.0 Å². The Kier molecular flexibility index (Phi) is 6.23. The molecule has 29 heavy (non-hydrogen) atoms. The van der Waals surface area contributed by atoms with Crippen LogP contribution >= 0.6 is 0 Å². The maximum Gasteiger partial charge on any atom is 0.347 e. The van der Waals surface area contributed by atoms with Crippen LogP contribution in [0.25, 0.3) is 11.0 Å². The first kappa shape index (κ1) is 21.3. The van der Waals surface area contributed by atoms with Crippen LogP contribution < -0.4 is 0 Å². The van der Waals surface area contributed by atoms with Crippen LogP contribution in [0.5, 0.6) is 0 Å². The Morgan fingerprint density at radius 2 is 2.07 bits per heavy atom. The Balaban J connectivity index is 1.75. The van der Waals surface area contributed by atoms with E-state index in [0.717, 1.165) is 5.52 Å². The first-order valence-electron chi connectivity index (χ1n) is 9.59. The minimum atomic E-state index is -3.57. The van der Waals surface area contributed by atoms with E-state index in [2.05, 4.69) is 4.98 Å². The molecule has 0 radical (unpaired) electrons. The number of nitrogens with zero attached hydrogens (tertiary/aromatic N) is 3. The van der Waals surface area contributed by atoms with Crippen molar-refractivity contribution in [3.8, 4) is 0 Å². The SMILES string of the molecule is CCN(CC)S(=O)(=O)c1ccc2c(c1)nc(CCC(=O)O[C@@H]1CCOC1=O)n2C. The second kappa shape index (κ2) is 8.50. The molecule has 1 aliphatic rings. The van der Waals surface area contributed by atoms with Gasteiger partial charge >= 0.3 is 11.9 Å². The molecule has 1 aromatic heterocycles. The molecule has 9 nitrogen and oxygen atoms in total. The van der Waals surface area contributed by atoms with Crippen molar-refractivity contribution >= 4 is 33.0 Å². The summed E-state index contributed by atoms with van der Waals surface area (Å²) in [7, 11) is -1.77. The van der Waals surface area contributed by atoms with Crippen LogP contribution in [-0.2, 0) is 42.6 Å². The molecular formula is C19H25N3O6S. The number of sulfonamides is 1. The standard InChI is InChI=1S/C19H25N3O6S/c1-4-22(5-2)29(25,26)13-6-7-15-14(12-13)20-17(21(15)3)8-9-18(23)28-16-10-11-27-19(16)24/h6-7,12,16H,4-5,8-11H2,1-3H3/t16-/m1/s1. The van der Waals surface area contributed by atoms with Gasteiger partial charge in [-0.05, 0) is 18.2 Å². The van der Waals surface area contributed by atoms with E-state index in [-0.39, 0.29) is 17.9 Å². The highest BCUT2D eigenvalue weighted by Gasteiger charge is 2.30. The lowest BCUT2D eigenvalue weighted by Crippen LogP contribution is -2.30. The summed E-state index contributed by atoms with van der Waals surface area (Å²) < 4.78 is 38.6. The Labute approximate surface area is 169 Å². The van der Waals surface area contributed by atoms with E-state index in [0.29, 0.717) is 37.3 Å². The smallest absolute Gasteiger partial charge is 0.347 e. The summed E-state index contributed by atoms with van der Waals surface area (Å²) in [6.07, 6.45) is -0.0772. The third-order valence-corrected chi connectivity index (χ3v) is 7.05. The van der Waals surface area contributed by atoms with Gasteiger partial charge in [0.25, 0.3) is 0 Å². The number of fused-ring (bicyclic) bond motifs is 1. The number of rotatable bonds is 8. The predicted molar refractivity (Wildman–Crippen MR) is 105 cm³/mol. The molecule has 0 N–H and O–H groups in total. The number of hydrogen-bond acceptors (Lipinski definition) is 7. The van der Waals surface area contributed by atoms with Crippen LogP contribution in [0, 0.1) is 0 Å². The molecule has 0 spiro atoms. The molecule has 0 bridgehead atoms. The van der Waals surface area contributed by atoms with Gasteiger partial charge in [0.05, 0.1) is 29.0 Å². The monoisotopic (exact) mass is 423 g/mol. The highest BCUT2D eigenvalue weighted by atomic mass is 32.2. The third-order valence-electron chi connectivity index (χ3n) is 5.00. The number of carbonyl (C=O) groups excluding carboxylic acids is 2. The molecule has 2 heterocycles. The normalized spacial score (nSPS) is 17.1. The highest BCUT2D eigenvalue weighted by Crippen LogP contribution is 2.23. The summed E-state index contributed by atoms with van der Waals surface area (Å²) in [4.78, 5) is 28.1. The van der Waals surface area contributed by atoms with Crippen molar-refractivity contribution in [2.45, 2.75) is 44.1 Å². The lowest BCUT2D eigenvalue weighted by atomic mass is 10.3. The lowest BCUT2D eigenvalue weighted by molar-refractivity contribution is -0.160. The number of aryl methyl sites for hydroxylation is 2. The van der Waals surface area contributed by atoms with Crippen LogP contribution in [0.3, 0.4) is 0 Å². The van der Waals surface area contributed by atoms with Crippen LogP contribution in [-0.4, -0.2) is 60.0 Å². The molecule has 0 unspecified atom stereocenters. The third kappa shape index (κ3) is 4.27.